The van der Waals surface area contributed by atoms with Crippen molar-refractivity contribution in [1.82, 2.24) is 15.5 Å². The Morgan fingerprint density at radius 2 is 1.79 bits per heavy atom. The molecule has 0 bridgehead atoms. The molecule has 0 unspecified atom stereocenters. The van der Waals surface area contributed by atoms with Gasteiger partial charge in [0.25, 0.3) is 0 Å². The maximum absolute atomic E-state index is 13.3. The molecule has 0 radical (unpaired) electrons. The number of nitrogens with one attached hydrogen (secondary N) is 3. The first-order valence-corrected chi connectivity index (χ1v) is 12.5. The second kappa shape index (κ2) is 12.7. The molecule has 1 aliphatic rings. The zero-order valence-corrected chi connectivity index (χ0v) is 21.1. The largest absolute Gasteiger partial charge is 0.478 e. The summed E-state index contributed by atoms with van der Waals surface area (Å²) < 4.78 is 13.2. The van der Waals surface area contributed by atoms with E-state index < -0.39 is 18.0 Å². The molecule has 4 rings (SSSR count). The van der Waals surface area contributed by atoms with Crippen molar-refractivity contribution < 1.29 is 23.9 Å². The molecule has 1 heterocycles. The number of halogens is 1. The van der Waals surface area contributed by atoms with E-state index in [-0.39, 0.29) is 29.8 Å². The van der Waals surface area contributed by atoms with E-state index in [0.717, 1.165) is 18.5 Å². The van der Waals surface area contributed by atoms with E-state index in [2.05, 4.69) is 26.9 Å². The summed E-state index contributed by atoms with van der Waals surface area (Å²) in [7, 11) is 0. The van der Waals surface area contributed by atoms with Gasteiger partial charge in [0.15, 0.2) is 0 Å². The van der Waals surface area contributed by atoms with Crippen molar-refractivity contribution in [3.63, 3.8) is 0 Å². The van der Waals surface area contributed by atoms with Crippen molar-refractivity contribution in [1.29, 1.82) is 5.26 Å². The predicted molar refractivity (Wildman–Crippen MR) is 142 cm³/mol. The highest BCUT2D eigenvalue weighted by atomic mass is 19.1. The van der Waals surface area contributed by atoms with Crippen molar-refractivity contribution >= 4 is 23.6 Å². The van der Waals surface area contributed by atoms with Gasteiger partial charge in [-0.15, -0.1) is 0 Å². The summed E-state index contributed by atoms with van der Waals surface area (Å²) in [4.78, 5) is 39.3. The van der Waals surface area contributed by atoms with Crippen LogP contribution in [0.5, 0.6) is 0 Å². The number of hydrogen-bond donors (Lipinski definition) is 4. The number of hydrogen-bond acceptors (Lipinski definition) is 5. The fourth-order valence-electron chi connectivity index (χ4n) is 4.48. The van der Waals surface area contributed by atoms with Gasteiger partial charge in [-0.05, 0) is 66.1 Å². The molecule has 3 aromatic carbocycles. The number of carbonyl (C=O) groups excluding carboxylic acids is 2. The van der Waals surface area contributed by atoms with Crippen molar-refractivity contribution in [2.45, 2.75) is 31.5 Å². The Morgan fingerprint density at radius 1 is 1.05 bits per heavy atom. The Balaban J connectivity index is 1.40. The third-order valence-corrected chi connectivity index (χ3v) is 6.45. The van der Waals surface area contributed by atoms with Crippen LogP contribution in [0.3, 0.4) is 0 Å². The van der Waals surface area contributed by atoms with E-state index in [9.17, 15) is 24.0 Å². The number of carboxylic acid groups (broad SMARTS) is 1. The number of anilines is 1. The Morgan fingerprint density at radius 3 is 2.49 bits per heavy atom. The summed E-state index contributed by atoms with van der Waals surface area (Å²) in [5.41, 5.74) is 2.59. The lowest BCUT2D eigenvalue weighted by Crippen LogP contribution is -2.52. The maximum atomic E-state index is 13.3. The fourth-order valence-corrected chi connectivity index (χ4v) is 4.48. The molecule has 9 nitrogen and oxygen atoms in total. The van der Waals surface area contributed by atoms with Crippen LogP contribution in [0.2, 0.25) is 0 Å². The molecule has 0 saturated carbocycles. The normalized spacial score (nSPS) is 15.6. The molecule has 39 heavy (non-hydrogen) atoms. The number of aromatic carboxylic acids is 1. The van der Waals surface area contributed by atoms with Gasteiger partial charge in [0.2, 0.25) is 5.91 Å². The molecule has 3 amide bonds. The minimum Gasteiger partial charge on any atom is -0.478 e. The molecule has 0 spiro atoms. The second-order valence-electron chi connectivity index (χ2n) is 9.41. The van der Waals surface area contributed by atoms with Crippen LogP contribution in [0.25, 0.3) is 0 Å². The Bertz CT molecular complexity index is 1370. The number of carboxylic acids is 1. The second-order valence-corrected chi connectivity index (χ2v) is 9.41. The van der Waals surface area contributed by atoms with Crippen molar-refractivity contribution in [2.75, 3.05) is 18.4 Å². The minimum absolute atomic E-state index is 0.0839. The lowest BCUT2D eigenvalue weighted by atomic mass is 10.0. The van der Waals surface area contributed by atoms with E-state index >= 15 is 0 Å². The molecule has 2 atom stereocenters. The molecule has 3 aromatic rings. The van der Waals surface area contributed by atoms with Crippen molar-refractivity contribution in [2.24, 2.45) is 0 Å². The predicted octanol–water partition coefficient (Wildman–Crippen LogP) is 3.52. The molecule has 1 saturated heterocycles. The smallest absolute Gasteiger partial charge is 0.335 e. The van der Waals surface area contributed by atoms with Crippen LogP contribution in [0.1, 0.15) is 33.5 Å². The highest BCUT2D eigenvalue weighted by Crippen LogP contribution is 2.15. The first-order valence-electron chi connectivity index (χ1n) is 12.5. The summed E-state index contributed by atoms with van der Waals surface area (Å²) in [6, 6.07) is 19.2. The van der Waals surface area contributed by atoms with Gasteiger partial charge in [0.05, 0.1) is 17.2 Å². The van der Waals surface area contributed by atoms with E-state index in [1.165, 1.54) is 36.4 Å². The Kier molecular flexibility index (Phi) is 8.86. The lowest BCUT2D eigenvalue weighted by Gasteiger charge is -2.22. The number of carbonyl (C=O) groups is 3. The molecular formula is C29H28FN5O4. The molecule has 4 N–H and O–H groups in total. The number of nitriles is 1. The quantitative estimate of drug-likeness (QED) is 0.335. The number of nitrogens with zero attached hydrogens (tertiary/aromatic N) is 2. The van der Waals surface area contributed by atoms with E-state index in [1.54, 1.807) is 36.4 Å². The molecule has 200 valence electrons. The lowest BCUT2D eigenvalue weighted by molar-refractivity contribution is -0.123. The topological polar surface area (TPSA) is 135 Å². The Hall–Kier alpha value is -4.75. The van der Waals surface area contributed by atoms with Crippen LogP contribution in [-0.4, -0.2) is 53.1 Å². The summed E-state index contributed by atoms with van der Waals surface area (Å²) in [5, 5.41) is 26.6. The molecular weight excluding hydrogens is 501 g/mol. The standard InChI is InChI=1S/C29H28FN5O4/c30-23-8-4-19(5-9-23)17-35-13-12-25(18-35)32-27(36)26(15-20-2-1-3-21(14-20)16-31)34-29(39)33-24-10-6-22(7-11-24)28(37)38/h1-11,14,25-26H,12-13,15,17-18H2,(H,32,36)(H,37,38)(H2,33,34,39)/t25-,26-/m0/s1. The highest BCUT2D eigenvalue weighted by molar-refractivity contribution is 5.94. The van der Waals surface area contributed by atoms with Gasteiger partial charge in [-0.3, -0.25) is 9.69 Å². The third-order valence-electron chi connectivity index (χ3n) is 6.45. The van der Waals surface area contributed by atoms with Gasteiger partial charge in [0.1, 0.15) is 11.9 Å². The first-order chi connectivity index (χ1) is 18.8. The van der Waals surface area contributed by atoms with Gasteiger partial charge in [-0.2, -0.15) is 5.26 Å². The fraction of sp³-hybridized carbons (Fsp3) is 0.241. The monoisotopic (exact) mass is 529 g/mol. The van der Waals surface area contributed by atoms with E-state index in [1.807, 2.05) is 0 Å². The molecule has 0 aliphatic carbocycles. The first kappa shape index (κ1) is 27.3. The minimum atomic E-state index is -1.08. The van der Waals surface area contributed by atoms with Crippen LogP contribution in [0.15, 0.2) is 72.8 Å². The number of amides is 3. The van der Waals surface area contributed by atoms with Crippen LogP contribution in [0, 0.1) is 17.1 Å². The van der Waals surface area contributed by atoms with Crippen molar-refractivity contribution in [3.05, 3.63) is 101 Å². The zero-order chi connectivity index (χ0) is 27.8. The Labute approximate surface area is 225 Å². The SMILES string of the molecule is N#Cc1cccc(C[C@H](NC(=O)Nc2ccc(C(=O)O)cc2)C(=O)N[C@H]2CCN(Cc3ccc(F)cc3)C2)c1. The number of benzene rings is 3. The average molecular weight is 530 g/mol. The van der Waals surface area contributed by atoms with Crippen LogP contribution in [0.4, 0.5) is 14.9 Å². The summed E-state index contributed by atoms with van der Waals surface area (Å²) in [6.45, 7) is 2.01. The summed E-state index contributed by atoms with van der Waals surface area (Å²) >= 11 is 0. The summed E-state index contributed by atoms with van der Waals surface area (Å²) in [6.07, 6.45) is 0.893. The molecule has 1 aliphatic heterocycles. The molecule has 10 heteroatoms. The van der Waals surface area contributed by atoms with Gasteiger partial charge < -0.3 is 21.1 Å². The van der Waals surface area contributed by atoms with Gasteiger partial charge >= 0.3 is 12.0 Å². The number of urea groups is 1. The van der Waals surface area contributed by atoms with Gasteiger partial charge in [0, 0.05) is 37.8 Å². The van der Waals surface area contributed by atoms with Gasteiger partial charge in [-0.1, -0.05) is 24.3 Å². The van der Waals surface area contributed by atoms with Crippen LogP contribution < -0.4 is 16.0 Å². The zero-order valence-electron chi connectivity index (χ0n) is 21.1. The highest BCUT2D eigenvalue weighted by Gasteiger charge is 2.28. The molecule has 1 fully saturated rings. The van der Waals surface area contributed by atoms with Crippen LogP contribution in [-0.2, 0) is 17.8 Å². The summed E-state index contributed by atoms with van der Waals surface area (Å²) in [5.74, 6) is -1.72. The average Bonchev–Trinajstić information content (AvgIpc) is 3.36. The maximum Gasteiger partial charge on any atom is 0.335 e. The third kappa shape index (κ3) is 7.87. The molecule has 0 aromatic heterocycles. The number of likely N-dealkylation sites (tertiary alicyclic amines) is 1. The van der Waals surface area contributed by atoms with E-state index in [0.29, 0.717) is 29.9 Å². The van der Waals surface area contributed by atoms with Crippen LogP contribution >= 0.6 is 0 Å². The van der Waals surface area contributed by atoms with Gasteiger partial charge in [-0.25, -0.2) is 14.0 Å². The van der Waals surface area contributed by atoms with Crippen molar-refractivity contribution in [3.8, 4) is 6.07 Å². The van der Waals surface area contributed by atoms with E-state index in [4.69, 9.17) is 5.11 Å². The number of rotatable bonds is 9.